The van der Waals surface area contributed by atoms with Crippen molar-refractivity contribution in [2.45, 2.75) is 45.4 Å². The number of carbonyl (C=O) groups is 1. The van der Waals surface area contributed by atoms with Gasteiger partial charge in [-0.05, 0) is 31.5 Å². The Bertz CT molecular complexity index is 768. The van der Waals surface area contributed by atoms with Gasteiger partial charge in [0.1, 0.15) is 17.6 Å². The Labute approximate surface area is 166 Å². The average molecular weight is 391 g/mol. The monoisotopic (exact) mass is 390 g/mol. The molecule has 5 nitrogen and oxygen atoms in total. The van der Waals surface area contributed by atoms with Gasteiger partial charge in [0, 0.05) is 36.6 Å². The Hall–Kier alpha value is -2.24. The number of nitrogens with one attached hydrogen (secondary N) is 1. The maximum absolute atomic E-state index is 12.3. The molecular formula is C21H27ClN2O3. The Kier molecular flexibility index (Phi) is 7.51. The number of carbonyl (C=O) groups excluding carboxylic acids is 1. The highest BCUT2D eigenvalue weighted by molar-refractivity contribution is 5.85. The maximum atomic E-state index is 12.3. The molecule has 0 saturated heterocycles. The molecule has 0 fully saturated rings. The lowest BCUT2D eigenvalue weighted by Gasteiger charge is -2.15. The van der Waals surface area contributed by atoms with Crippen LogP contribution in [-0.2, 0) is 17.8 Å². The summed E-state index contributed by atoms with van der Waals surface area (Å²) in [6.45, 7) is 4.97. The minimum atomic E-state index is -0.313. The normalized spacial score (nSPS) is 15.9. The Morgan fingerprint density at radius 3 is 2.78 bits per heavy atom. The number of amides is 1. The van der Waals surface area contributed by atoms with Crippen LogP contribution in [0.15, 0.2) is 42.5 Å². The smallest absolute Gasteiger partial charge is 0.222 e. The standard InChI is InChI=1S/C21H26N2O3.ClH/c1-3-25-19-10-16-9-14(2)26-20(16)11-17(19)13-23-21(24)12-18(22)15-7-5-4-6-8-15;/h4-8,10-11,14,18H,3,9,12-13,22H2,1-2H3,(H,23,24);1H. The van der Waals surface area contributed by atoms with Crippen molar-refractivity contribution in [1.29, 1.82) is 0 Å². The number of hydrogen-bond acceptors (Lipinski definition) is 4. The number of halogens is 1. The highest BCUT2D eigenvalue weighted by Crippen LogP contribution is 2.35. The summed E-state index contributed by atoms with van der Waals surface area (Å²) in [5, 5.41) is 2.95. The second kappa shape index (κ2) is 9.62. The molecule has 2 atom stereocenters. The molecule has 2 aromatic carbocycles. The van der Waals surface area contributed by atoms with E-state index in [1.807, 2.05) is 56.3 Å². The summed E-state index contributed by atoms with van der Waals surface area (Å²) in [7, 11) is 0. The number of ether oxygens (including phenoxy) is 2. The first kappa shape index (κ1) is 21.1. The second-order valence-corrected chi connectivity index (χ2v) is 6.63. The van der Waals surface area contributed by atoms with E-state index in [1.165, 1.54) is 0 Å². The molecule has 6 heteroatoms. The first-order valence-corrected chi connectivity index (χ1v) is 9.09. The lowest BCUT2D eigenvalue weighted by molar-refractivity contribution is -0.121. The molecule has 3 rings (SSSR count). The van der Waals surface area contributed by atoms with Gasteiger partial charge in [0.25, 0.3) is 0 Å². The van der Waals surface area contributed by atoms with Crippen LogP contribution in [0.5, 0.6) is 11.5 Å². The minimum Gasteiger partial charge on any atom is -0.494 e. The van der Waals surface area contributed by atoms with Crippen LogP contribution >= 0.6 is 12.4 Å². The fourth-order valence-electron chi connectivity index (χ4n) is 3.19. The average Bonchev–Trinajstić information content (AvgIpc) is 2.99. The lowest BCUT2D eigenvalue weighted by atomic mass is 10.0. The fourth-order valence-corrected chi connectivity index (χ4v) is 3.19. The molecular weight excluding hydrogens is 364 g/mol. The van der Waals surface area contributed by atoms with Crippen molar-refractivity contribution in [3.8, 4) is 11.5 Å². The van der Waals surface area contributed by atoms with Gasteiger partial charge in [-0.3, -0.25) is 4.79 Å². The molecule has 0 aromatic heterocycles. The molecule has 0 radical (unpaired) electrons. The summed E-state index contributed by atoms with van der Waals surface area (Å²) < 4.78 is 11.6. The number of rotatable bonds is 7. The molecule has 146 valence electrons. The highest BCUT2D eigenvalue weighted by Gasteiger charge is 2.22. The van der Waals surface area contributed by atoms with Gasteiger partial charge in [-0.1, -0.05) is 30.3 Å². The van der Waals surface area contributed by atoms with E-state index in [0.29, 0.717) is 13.2 Å². The van der Waals surface area contributed by atoms with E-state index in [-0.39, 0.29) is 36.9 Å². The first-order chi connectivity index (χ1) is 12.6. The minimum absolute atomic E-state index is 0. The molecule has 1 heterocycles. The molecule has 0 saturated carbocycles. The Morgan fingerprint density at radius 2 is 2.07 bits per heavy atom. The predicted molar refractivity (Wildman–Crippen MR) is 108 cm³/mol. The quantitative estimate of drug-likeness (QED) is 0.758. The molecule has 1 aliphatic heterocycles. The van der Waals surface area contributed by atoms with Crippen LogP contribution in [0.25, 0.3) is 0 Å². The van der Waals surface area contributed by atoms with Crippen molar-refractivity contribution < 1.29 is 14.3 Å². The van der Waals surface area contributed by atoms with E-state index in [2.05, 4.69) is 5.32 Å². The van der Waals surface area contributed by atoms with E-state index < -0.39 is 0 Å². The zero-order valence-electron chi connectivity index (χ0n) is 15.7. The molecule has 1 amide bonds. The van der Waals surface area contributed by atoms with E-state index in [1.54, 1.807) is 0 Å². The summed E-state index contributed by atoms with van der Waals surface area (Å²) in [6.07, 6.45) is 1.30. The molecule has 0 spiro atoms. The zero-order chi connectivity index (χ0) is 18.5. The van der Waals surface area contributed by atoms with E-state index in [0.717, 1.165) is 34.6 Å². The molecule has 3 N–H and O–H groups in total. The Balaban J connectivity index is 0.00000261. The second-order valence-electron chi connectivity index (χ2n) is 6.63. The Morgan fingerprint density at radius 1 is 1.33 bits per heavy atom. The van der Waals surface area contributed by atoms with Gasteiger partial charge in [-0.2, -0.15) is 0 Å². The number of nitrogens with two attached hydrogens (primary N) is 1. The zero-order valence-corrected chi connectivity index (χ0v) is 16.6. The largest absolute Gasteiger partial charge is 0.494 e. The molecule has 2 unspecified atom stereocenters. The summed E-state index contributed by atoms with van der Waals surface area (Å²) in [4.78, 5) is 12.3. The van der Waals surface area contributed by atoms with Crippen molar-refractivity contribution in [3.63, 3.8) is 0 Å². The van der Waals surface area contributed by atoms with Crippen LogP contribution in [-0.4, -0.2) is 18.6 Å². The van der Waals surface area contributed by atoms with Gasteiger partial charge in [0.2, 0.25) is 5.91 Å². The van der Waals surface area contributed by atoms with Crippen LogP contribution in [0.3, 0.4) is 0 Å². The lowest BCUT2D eigenvalue weighted by Crippen LogP contribution is -2.27. The summed E-state index contributed by atoms with van der Waals surface area (Å²) in [5.41, 5.74) is 9.15. The van der Waals surface area contributed by atoms with Crippen molar-refractivity contribution in [2.75, 3.05) is 6.61 Å². The van der Waals surface area contributed by atoms with E-state index in [9.17, 15) is 4.79 Å². The number of hydrogen-bond donors (Lipinski definition) is 2. The van der Waals surface area contributed by atoms with Crippen molar-refractivity contribution >= 4 is 18.3 Å². The third-order valence-electron chi connectivity index (χ3n) is 4.49. The van der Waals surface area contributed by atoms with Crippen molar-refractivity contribution in [2.24, 2.45) is 5.73 Å². The van der Waals surface area contributed by atoms with Gasteiger partial charge in [-0.25, -0.2) is 0 Å². The molecule has 0 aliphatic carbocycles. The molecule has 0 bridgehead atoms. The van der Waals surface area contributed by atoms with Crippen LogP contribution in [0, 0.1) is 0 Å². The van der Waals surface area contributed by atoms with Crippen LogP contribution in [0.1, 0.15) is 43.0 Å². The van der Waals surface area contributed by atoms with Gasteiger partial charge >= 0.3 is 0 Å². The van der Waals surface area contributed by atoms with Crippen LogP contribution in [0.4, 0.5) is 0 Å². The molecule has 27 heavy (non-hydrogen) atoms. The topological polar surface area (TPSA) is 73.6 Å². The van der Waals surface area contributed by atoms with Crippen LogP contribution in [0.2, 0.25) is 0 Å². The summed E-state index contributed by atoms with van der Waals surface area (Å²) >= 11 is 0. The van der Waals surface area contributed by atoms with Crippen molar-refractivity contribution in [3.05, 3.63) is 59.2 Å². The first-order valence-electron chi connectivity index (χ1n) is 9.09. The number of fused-ring (bicyclic) bond motifs is 1. The van der Waals surface area contributed by atoms with Gasteiger partial charge in [0.15, 0.2) is 0 Å². The SMILES string of the molecule is CCOc1cc2c(cc1CNC(=O)CC(N)c1ccccc1)OC(C)C2.Cl. The van der Waals surface area contributed by atoms with Gasteiger partial charge < -0.3 is 20.5 Å². The predicted octanol–water partition coefficient (Wildman–Crippen LogP) is 3.54. The van der Waals surface area contributed by atoms with Gasteiger partial charge in [0.05, 0.1) is 6.61 Å². The maximum Gasteiger partial charge on any atom is 0.222 e. The molecule has 2 aromatic rings. The van der Waals surface area contributed by atoms with E-state index >= 15 is 0 Å². The van der Waals surface area contributed by atoms with Crippen LogP contribution < -0.4 is 20.5 Å². The fraction of sp³-hybridized carbons (Fsp3) is 0.381. The van der Waals surface area contributed by atoms with Gasteiger partial charge in [-0.15, -0.1) is 12.4 Å². The summed E-state index contributed by atoms with van der Waals surface area (Å²) in [6, 6.07) is 13.3. The van der Waals surface area contributed by atoms with E-state index in [4.69, 9.17) is 15.2 Å². The van der Waals surface area contributed by atoms with Crippen molar-refractivity contribution in [1.82, 2.24) is 5.32 Å². The third kappa shape index (κ3) is 5.37. The summed E-state index contributed by atoms with van der Waals surface area (Å²) in [5.74, 6) is 1.60. The number of benzene rings is 2. The molecule has 1 aliphatic rings. The third-order valence-corrected chi connectivity index (χ3v) is 4.49. The highest BCUT2D eigenvalue weighted by atomic mass is 35.5.